The van der Waals surface area contributed by atoms with Gasteiger partial charge in [0, 0.05) is 13.1 Å². The first-order chi connectivity index (χ1) is 7.88. The summed E-state index contributed by atoms with van der Waals surface area (Å²) in [6.07, 6.45) is 0. The highest BCUT2D eigenvalue weighted by atomic mass is 16.5. The van der Waals surface area contributed by atoms with Crippen molar-refractivity contribution < 1.29 is 14.6 Å². The minimum absolute atomic E-state index is 0.0559. The Kier molecular flexibility index (Phi) is 4.11. The molecule has 0 bridgehead atoms. The summed E-state index contributed by atoms with van der Waals surface area (Å²) in [7, 11) is 3.23. The third kappa shape index (κ3) is 2.76. The summed E-state index contributed by atoms with van der Waals surface area (Å²) in [4.78, 5) is 11.3. The van der Waals surface area contributed by atoms with Crippen molar-refractivity contribution in [2.45, 2.75) is 32.9 Å². The number of aliphatic carboxylic acids is 1. The summed E-state index contributed by atoms with van der Waals surface area (Å²) in [5.41, 5.74) is 1.24. The van der Waals surface area contributed by atoms with Crippen molar-refractivity contribution in [1.82, 2.24) is 15.1 Å². The van der Waals surface area contributed by atoms with E-state index in [4.69, 9.17) is 4.74 Å². The Bertz CT molecular complexity index is 412. The number of methoxy groups -OCH3 is 1. The van der Waals surface area contributed by atoms with Crippen molar-refractivity contribution in [2.75, 3.05) is 7.11 Å². The summed E-state index contributed by atoms with van der Waals surface area (Å²) in [6.45, 7) is 5.57. The first kappa shape index (κ1) is 13.5. The van der Waals surface area contributed by atoms with Crippen LogP contribution in [0.25, 0.3) is 0 Å². The van der Waals surface area contributed by atoms with Crippen molar-refractivity contribution in [3.8, 4) is 5.88 Å². The highest BCUT2D eigenvalue weighted by molar-refractivity contribution is 5.77. The smallest absolute Gasteiger partial charge is 0.325 e. The van der Waals surface area contributed by atoms with E-state index in [1.807, 2.05) is 13.8 Å². The van der Waals surface area contributed by atoms with Crippen molar-refractivity contribution in [3.63, 3.8) is 0 Å². The molecule has 0 fully saturated rings. The summed E-state index contributed by atoms with van der Waals surface area (Å²) in [5, 5.41) is 16.4. The van der Waals surface area contributed by atoms with Crippen LogP contribution in [0.4, 0.5) is 0 Å². The van der Waals surface area contributed by atoms with E-state index in [-0.39, 0.29) is 6.04 Å². The highest BCUT2D eigenvalue weighted by Gasteiger charge is 2.29. The lowest BCUT2D eigenvalue weighted by Crippen LogP contribution is -2.34. The molecule has 1 heterocycles. The van der Waals surface area contributed by atoms with Crippen LogP contribution in [-0.4, -0.2) is 34.0 Å². The van der Waals surface area contributed by atoms with Gasteiger partial charge in [-0.1, -0.05) is 0 Å². The number of ether oxygens (including phenoxy) is 1. The average Bonchev–Trinajstić information content (AvgIpc) is 2.48. The molecule has 0 amide bonds. The van der Waals surface area contributed by atoms with Gasteiger partial charge in [-0.15, -0.1) is 0 Å². The van der Waals surface area contributed by atoms with Gasteiger partial charge in [-0.25, -0.2) is 4.68 Å². The number of hydrogen-bond acceptors (Lipinski definition) is 4. The van der Waals surface area contributed by atoms with E-state index in [0.717, 1.165) is 0 Å². The first-order valence-corrected chi connectivity index (χ1v) is 5.44. The first-order valence-electron chi connectivity index (χ1n) is 5.44. The molecule has 0 spiro atoms. The fraction of sp³-hybridized carbons (Fsp3) is 0.636. The van der Waals surface area contributed by atoms with Crippen LogP contribution in [0.2, 0.25) is 0 Å². The van der Waals surface area contributed by atoms with E-state index < -0.39 is 12.0 Å². The lowest BCUT2D eigenvalue weighted by atomic mass is 10.1. The third-order valence-corrected chi connectivity index (χ3v) is 2.44. The maximum Gasteiger partial charge on any atom is 0.325 e. The van der Waals surface area contributed by atoms with Crippen LogP contribution < -0.4 is 10.1 Å². The number of carbonyl (C=O) groups is 1. The second-order valence-corrected chi connectivity index (χ2v) is 4.22. The summed E-state index contributed by atoms with van der Waals surface area (Å²) in [5.74, 6) is -0.462. The fourth-order valence-corrected chi connectivity index (χ4v) is 1.84. The van der Waals surface area contributed by atoms with Crippen LogP contribution in [-0.2, 0) is 11.8 Å². The van der Waals surface area contributed by atoms with E-state index in [9.17, 15) is 9.90 Å². The Balaban J connectivity index is 3.22. The van der Waals surface area contributed by atoms with Gasteiger partial charge in [0.2, 0.25) is 5.88 Å². The molecule has 17 heavy (non-hydrogen) atoms. The van der Waals surface area contributed by atoms with E-state index in [2.05, 4.69) is 10.4 Å². The van der Waals surface area contributed by atoms with E-state index in [1.54, 1.807) is 18.7 Å². The Labute approximate surface area is 101 Å². The van der Waals surface area contributed by atoms with Crippen LogP contribution in [0, 0.1) is 6.92 Å². The molecule has 6 heteroatoms. The molecule has 1 atom stereocenters. The summed E-state index contributed by atoms with van der Waals surface area (Å²) < 4.78 is 6.75. The number of carboxylic acids is 1. The summed E-state index contributed by atoms with van der Waals surface area (Å²) >= 11 is 0. The van der Waals surface area contributed by atoms with E-state index in [1.165, 1.54) is 7.11 Å². The molecule has 96 valence electrons. The number of hydrogen-bond donors (Lipinski definition) is 2. The molecule has 0 aliphatic carbocycles. The number of rotatable bonds is 5. The van der Waals surface area contributed by atoms with E-state index >= 15 is 0 Å². The van der Waals surface area contributed by atoms with Gasteiger partial charge in [0.25, 0.3) is 0 Å². The Morgan fingerprint density at radius 1 is 1.53 bits per heavy atom. The lowest BCUT2D eigenvalue weighted by molar-refractivity contribution is -0.139. The van der Waals surface area contributed by atoms with Crippen molar-refractivity contribution in [2.24, 2.45) is 7.05 Å². The second kappa shape index (κ2) is 5.18. The van der Waals surface area contributed by atoms with Gasteiger partial charge in [0.05, 0.1) is 18.4 Å². The molecule has 0 aliphatic rings. The Morgan fingerprint density at radius 2 is 2.12 bits per heavy atom. The molecule has 6 nitrogen and oxygen atoms in total. The van der Waals surface area contributed by atoms with Crippen LogP contribution in [0.15, 0.2) is 0 Å². The minimum atomic E-state index is -0.937. The van der Waals surface area contributed by atoms with Crippen LogP contribution >= 0.6 is 0 Å². The minimum Gasteiger partial charge on any atom is -0.481 e. The molecule has 2 N–H and O–H groups in total. The molecular formula is C11H19N3O3. The van der Waals surface area contributed by atoms with Gasteiger partial charge in [0.15, 0.2) is 0 Å². The third-order valence-electron chi connectivity index (χ3n) is 2.44. The molecule has 0 saturated heterocycles. The average molecular weight is 241 g/mol. The number of aromatic nitrogens is 2. The van der Waals surface area contributed by atoms with Crippen LogP contribution in [0.3, 0.4) is 0 Å². The van der Waals surface area contributed by atoms with Crippen molar-refractivity contribution in [1.29, 1.82) is 0 Å². The molecule has 0 aromatic carbocycles. The maximum absolute atomic E-state index is 11.3. The Morgan fingerprint density at radius 3 is 2.53 bits per heavy atom. The zero-order valence-electron chi connectivity index (χ0n) is 10.8. The van der Waals surface area contributed by atoms with Gasteiger partial charge >= 0.3 is 5.97 Å². The van der Waals surface area contributed by atoms with Gasteiger partial charge in [-0.2, -0.15) is 5.10 Å². The zero-order chi connectivity index (χ0) is 13.2. The predicted octanol–water partition coefficient (Wildman–Crippen LogP) is 0.861. The van der Waals surface area contributed by atoms with Gasteiger partial charge in [0.1, 0.15) is 6.04 Å². The molecule has 0 radical (unpaired) electrons. The Hall–Kier alpha value is -1.56. The van der Waals surface area contributed by atoms with Gasteiger partial charge in [-0.3, -0.25) is 10.1 Å². The topological polar surface area (TPSA) is 76.4 Å². The van der Waals surface area contributed by atoms with Crippen molar-refractivity contribution >= 4 is 5.97 Å². The quantitative estimate of drug-likeness (QED) is 0.799. The summed E-state index contributed by atoms with van der Waals surface area (Å²) in [6, 6.07) is -0.751. The van der Waals surface area contributed by atoms with E-state index in [0.29, 0.717) is 17.1 Å². The molecule has 1 unspecified atom stereocenters. The van der Waals surface area contributed by atoms with Crippen molar-refractivity contribution in [3.05, 3.63) is 11.3 Å². The zero-order valence-corrected chi connectivity index (χ0v) is 10.8. The molecular weight excluding hydrogens is 222 g/mol. The van der Waals surface area contributed by atoms with Gasteiger partial charge < -0.3 is 9.84 Å². The molecule has 1 aromatic rings. The molecule has 0 aliphatic heterocycles. The van der Waals surface area contributed by atoms with Crippen LogP contribution in [0.5, 0.6) is 5.88 Å². The number of nitrogens with zero attached hydrogens (tertiary/aromatic N) is 2. The standard InChI is InChI=1S/C11H19N3O3/c1-6(2)12-9(11(15)16)8-7(3)13-14(4)10(8)17-5/h6,9,12H,1-5H3,(H,15,16). The molecule has 0 saturated carbocycles. The number of aryl methyl sites for hydroxylation is 2. The normalized spacial score (nSPS) is 12.8. The maximum atomic E-state index is 11.3. The monoisotopic (exact) mass is 241 g/mol. The predicted molar refractivity (Wildman–Crippen MR) is 63.1 cm³/mol. The van der Waals surface area contributed by atoms with Crippen LogP contribution in [0.1, 0.15) is 31.1 Å². The largest absolute Gasteiger partial charge is 0.481 e. The lowest BCUT2D eigenvalue weighted by Gasteiger charge is -2.18. The second-order valence-electron chi connectivity index (χ2n) is 4.22. The molecule has 1 rings (SSSR count). The number of nitrogens with one attached hydrogen (secondary N) is 1. The highest BCUT2D eigenvalue weighted by Crippen LogP contribution is 2.28. The fourth-order valence-electron chi connectivity index (χ4n) is 1.84. The number of carboxylic acid groups (broad SMARTS) is 1. The van der Waals surface area contributed by atoms with Gasteiger partial charge in [-0.05, 0) is 20.8 Å². The molecule has 1 aromatic heterocycles. The SMILES string of the molecule is COc1c(C(NC(C)C)C(=O)O)c(C)nn1C.